The standard InChI is InChI=1S/C20H20N6O/c27-20(17-11-21-14-22-12-17)26-9-3-4-16(13-26)15-6-8-24-19(10-15)25-18-5-1-2-7-23-18/h1-2,5-8,10-12,14,16H,3-4,9,13H2,(H,23,24,25). The summed E-state index contributed by atoms with van der Waals surface area (Å²) < 4.78 is 0. The van der Waals surface area contributed by atoms with Crippen LogP contribution in [0.3, 0.4) is 0 Å². The van der Waals surface area contributed by atoms with Gasteiger partial charge in [-0.1, -0.05) is 6.07 Å². The minimum Gasteiger partial charge on any atom is -0.338 e. The van der Waals surface area contributed by atoms with Gasteiger partial charge in [0.05, 0.1) is 5.56 Å². The molecule has 0 saturated carbocycles. The first-order valence-electron chi connectivity index (χ1n) is 8.98. The Morgan fingerprint density at radius 3 is 2.74 bits per heavy atom. The fourth-order valence-corrected chi connectivity index (χ4v) is 3.36. The van der Waals surface area contributed by atoms with Crippen LogP contribution >= 0.6 is 0 Å². The summed E-state index contributed by atoms with van der Waals surface area (Å²) in [4.78, 5) is 31.1. The Morgan fingerprint density at radius 1 is 1.07 bits per heavy atom. The number of nitrogens with one attached hydrogen (secondary N) is 1. The molecular weight excluding hydrogens is 340 g/mol. The molecule has 1 fully saturated rings. The molecule has 7 heteroatoms. The molecule has 1 amide bonds. The van der Waals surface area contributed by atoms with E-state index in [0.717, 1.165) is 31.0 Å². The second kappa shape index (κ2) is 7.90. The van der Waals surface area contributed by atoms with Crippen molar-refractivity contribution in [1.82, 2.24) is 24.8 Å². The molecule has 0 bridgehead atoms. The van der Waals surface area contributed by atoms with E-state index in [0.29, 0.717) is 12.1 Å². The van der Waals surface area contributed by atoms with E-state index in [2.05, 4.69) is 25.3 Å². The summed E-state index contributed by atoms with van der Waals surface area (Å²) in [5.74, 6) is 1.78. The maximum Gasteiger partial charge on any atom is 0.257 e. The van der Waals surface area contributed by atoms with Crippen molar-refractivity contribution in [2.24, 2.45) is 0 Å². The topological polar surface area (TPSA) is 83.9 Å². The number of nitrogens with zero attached hydrogens (tertiary/aromatic N) is 5. The number of rotatable bonds is 4. The van der Waals surface area contributed by atoms with Gasteiger partial charge in [-0.15, -0.1) is 0 Å². The van der Waals surface area contributed by atoms with Gasteiger partial charge in [-0.2, -0.15) is 0 Å². The summed E-state index contributed by atoms with van der Waals surface area (Å²) in [6.07, 6.45) is 10.1. The molecule has 1 unspecified atom stereocenters. The van der Waals surface area contributed by atoms with Crippen molar-refractivity contribution < 1.29 is 4.79 Å². The van der Waals surface area contributed by atoms with E-state index in [4.69, 9.17) is 0 Å². The fourth-order valence-electron chi connectivity index (χ4n) is 3.36. The number of anilines is 2. The van der Waals surface area contributed by atoms with Crippen LogP contribution in [-0.4, -0.2) is 43.8 Å². The molecule has 4 rings (SSSR count). The van der Waals surface area contributed by atoms with Gasteiger partial charge in [0, 0.05) is 43.8 Å². The monoisotopic (exact) mass is 360 g/mol. The van der Waals surface area contributed by atoms with Gasteiger partial charge >= 0.3 is 0 Å². The van der Waals surface area contributed by atoms with Gasteiger partial charge < -0.3 is 10.2 Å². The number of carbonyl (C=O) groups is 1. The highest BCUT2D eigenvalue weighted by molar-refractivity contribution is 5.93. The summed E-state index contributed by atoms with van der Waals surface area (Å²) in [5, 5.41) is 3.22. The zero-order chi connectivity index (χ0) is 18.5. The third-order valence-corrected chi connectivity index (χ3v) is 4.69. The number of piperidine rings is 1. The van der Waals surface area contributed by atoms with E-state index in [-0.39, 0.29) is 11.8 Å². The van der Waals surface area contributed by atoms with Gasteiger partial charge in [0.15, 0.2) is 0 Å². The molecule has 1 atom stereocenters. The van der Waals surface area contributed by atoms with Crippen molar-refractivity contribution in [3.8, 4) is 0 Å². The van der Waals surface area contributed by atoms with Gasteiger partial charge in [-0.05, 0) is 42.7 Å². The number of amides is 1. The van der Waals surface area contributed by atoms with E-state index >= 15 is 0 Å². The lowest BCUT2D eigenvalue weighted by Gasteiger charge is -2.33. The first kappa shape index (κ1) is 17.1. The van der Waals surface area contributed by atoms with Crippen LogP contribution in [0.4, 0.5) is 11.6 Å². The highest BCUT2D eigenvalue weighted by Gasteiger charge is 2.26. The molecule has 3 aromatic rings. The van der Waals surface area contributed by atoms with Gasteiger partial charge in [0.2, 0.25) is 0 Å². The molecule has 0 spiro atoms. The Morgan fingerprint density at radius 2 is 1.93 bits per heavy atom. The zero-order valence-corrected chi connectivity index (χ0v) is 14.8. The van der Waals surface area contributed by atoms with Crippen LogP contribution in [-0.2, 0) is 0 Å². The molecule has 0 aromatic carbocycles. The largest absolute Gasteiger partial charge is 0.338 e. The molecule has 1 N–H and O–H groups in total. The number of hydrogen-bond donors (Lipinski definition) is 1. The van der Waals surface area contributed by atoms with E-state index in [1.165, 1.54) is 11.9 Å². The van der Waals surface area contributed by atoms with Crippen LogP contribution < -0.4 is 5.32 Å². The number of pyridine rings is 2. The quantitative estimate of drug-likeness (QED) is 0.770. The zero-order valence-electron chi connectivity index (χ0n) is 14.8. The molecule has 1 aliphatic heterocycles. The van der Waals surface area contributed by atoms with E-state index in [1.54, 1.807) is 24.8 Å². The lowest BCUT2D eigenvalue weighted by atomic mass is 9.91. The molecule has 27 heavy (non-hydrogen) atoms. The Bertz CT molecular complexity index is 903. The summed E-state index contributed by atoms with van der Waals surface area (Å²) in [7, 11) is 0. The Labute approximate surface area is 157 Å². The molecular formula is C20H20N6O. The molecule has 1 saturated heterocycles. The van der Waals surface area contributed by atoms with E-state index in [9.17, 15) is 4.79 Å². The summed E-state index contributed by atoms with van der Waals surface area (Å²) >= 11 is 0. The third kappa shape index (κ3) is 4.08. The van der Waals surface area contributed by atoms with Crippen molar-refractivity contribution in [2.45, 2.75) is 18.8 Å². The number of likely N-dealkylation sites (tertiary alicyclic amines) is 1. The van der Waals surface area contributed by atoms with Gasteiger partial charge in [-0.25, -0.2) is 19.9 Å². The van der Waals surface area contributed by atoms with Crippen molar-refractivity contribution in [3.63, 3.8) is 0 Å². The van der Waals surface area contributed by atoms with Crippen molar-refractivity contribution >= 4 is 17.5 Å². The fraction of sp³-hybridized carbons (Fsp3) is 0.250. The third-order valence-electron chi connectivity index (χ3n) is 4.69. The minimum atomic E-state index is -0.0128. The predicted molar refractivity (Wildman–Crippen MR) is 102 cm³/mol. The molecule has 0 radical (unpaired) electrons. The molecule has 0 aliphatic carbocycles. The highest BCUT2D eigenvalue weighted by atomic mass is 16.2. The van der Waals surface area contributed by atoms with Crippen molar-refractivity contribution in [2.75, 3.05) is 18.4 Å². The van der Waals surface area contributed by atoms with Crippen LogP contribution in [0.5, 0.6) is 0 Å². The maximum absolute atomic E-state index is 12.7. The first-order chi connectivity index (χ1) is 13.3. The average molecular weight is 360 g/mol. The molecule has 3 aromatic heterocycles. The predicted octanol–water partition coefficient (Wildman–Crippen LogP) is 3.03. The SMILES string of the molecule is O=C(c1cncnc1)N1CCCC(c2ccnc(Nc3ccccn3)c2)C1. The lowest BCUT2D eigenvalue weighted by Crippen LogP contribution is -2.39. The average Bonchev–Trinajstić information content (AvgIpc) is 2.75. The molecule has 136 valence electrons. The van der Waals surface area contributed by atoms with Crippen LogP contribution in [0.1, 0.15) is 34.7 Å². The number of hydrogen-bond acceptors (Lipinski definition) is 6. The van der Waals surface area contributed by atoms with Crippen LogP contribution in [0.15, 0.2) is 61.4 Å². The molecule has 4 heterocycles. The molecule has 1 aliphatic rings. The van der Waals surface area contributed by atoms with Crippen molar-refractivity contribution in [3.05, 3.63) is 72.6 Å². The Hall–Kier alpha value is -3.35. The van der Waals surface area contributed by atoms with E-state index in [1.807, 2.05) is 35.2 Å². The maximum atomic E-state index is 12.7. The molecule has 7 nitrogen and oxygen atoms in total. The Balaban J connectivity index is 1.48. The number of carbonyl (C=O) groups excluding carboxylic acids is 1. The highest BCUT2D eigenvalue weighted by Crippen LogP contribution is 2.29. The summed E-state index contributed by atoms with van der Waals surface area (Å²) in [6, 6.07) is 9.77. The van der Waals surface area contributed by atoms with Crippen molar-refractivity contribution in [1.29, 1.82) is 0 Å². The second-order valence-corrected chi connectivity index (χ2v) is 6.53. The van der Waals surface area contributed by atoms with Gasteiger partial charge in [0.25, 0.3) is 5.91 Å². The van der Waals surface area contributed by atoms with Crippen LogP contribution in [0.2, 0.25) is 0 Å². The lowest BCUT2D eigenvalue weighted by molar-refractivity contribution is 0.0706. The summed E-state index contributed by atoms with van der Waals surface area (Å²) in [5.41, 5.74) is 1.70. The first-order valence-corrected chi connectivity index (χ1v) is 8.98. The summed E-state index contributed by atoms with van der Waals surface area (Å²) in [6.45, 7) is 1.44. The van der Waals surface area contributed by atoms with Gasteiger partial charge in [-0.3, -0.25) is 4.79 Å². The smallest absolute Gasteiger partial charge is 0.257 e. The van der Waals surface area contributed by atoms with Crippen LogP contribution in [0, 0.1) is 0 Å². The normalized spacial score (nSPS) is 16.7. The number of aromatic nitrogens is 4. The van der Waals surface area contributed by atoms with E-state index < -0.39 is 0 Å². The minimum absolute atomic E-state index is 0.0128. The Kier molecular flexibility index (Phi) is 5.00. The van der Waals surface area contributed by atoms with Gasteiger partial charge in [0.1, 0.15) is 18.0 Å². The van der Waals surface area contributed by atoms with Crippen LogP contribution in [0.25, 0.3) is 0 Å². The second-order valence-electron chi connectivity index (χ2n) is 6.53.